The first-order valence-electron chi connectivity index (χ1n) is 6.11. The van der Waals surface area contributed by atoms with Crippen molar-refractivity contribution in [3.63, 3.8) is 0 Å². The number of hydrogen-bond acceptors (Lipinski definition) is 6. The number of H-pyrrole nitrogens is 1. The predicted molar refractivity (Wildman–Crippen MR) is 72.9 cm³/mol. The monoisotopic (exact) mass is 295 g/mol. The van der Waals surface area contributed by atoms with Gasteiger partial charge >= 0.3 is 0 Å². The molecule has 106 valence electrons. The number of likely N-dealkylation sites (tertiary alicyclic amines) is 1. The number of carbonyl (C=O) groups excluding carboxylic acids is 1. The highest BCUT2D eigenvalue weighted by atomic mass is 32.1. The summed E-state index contributed by atoms with van der Waals surface area (Å²) < 4.78 is 0. The highest BCUT2D eigenvalue weighted by Gasteiger charge is 2.34. The van der Waals surface area contributed by atoms with Crippen molar-refractivity contribution < 1.29 is 15.0 Å². The first-order chi connectivity index (χ1) is 9.49. The minimum Gasteiger partial charge on any atom is -0.388 e. The second-order valence-electron chi connectivity index (χ2n) is 4.81. The lowest BCUT2D eigenvalue weighted by atomic mass is 10.2. The first kappa shape index (κ1) is 13.2. The third-order valence-corrected chi connectivity index (χ3v) is 4.66. The van der Waals surface area contributed by atoms with Crippen LogP contribution in [0.5, 0.6) is 0 Å². The number of nitrogens with one attached hydrogen (secondary N) is 1. The number of aliphatic hydroxyl groups is 2. The quantitative estimate of drug-likeness (QED) is 0.656. The van der Waals surface area contributed by atoms with Crippen molar-refractivity contribution in [2.24, 2.45) is 0 Å². The van der Waals surface area contributed by atoms with E-state index in [1.807, 2.05) is 0 Å². The van der Waals surface area contributed by atoms with E-state index >= 15 is 0 Å². The number of aliphatic hydroxyl groups excluding tert-OH is 2. The van der Waals surface area contributed by atoms with Gasteiger partial charge in [-0.05, 0) is 12.5 Å². The molecule has 0 aliphatic carbocycles. The molecule has 3 rings (SSSR count). The van der Waals surface area contributed by atoms with Crippen LogP contribution in [-0.4, -0.2) is 56.3 Å². The Kier molecular flexibility index (Phi) is 3.08. The molecule has 0 radical (unpaired) electrons. The fraction of sp³-hybridized carbons (Fsp3) is 0.417. The summed E-state index contributed by atoms with van der Waals surface area (Å²) in [6.45, 7) is 1.89. The molecule has 0 aromatic carbocycles. The van der Waals surface area contributed by atoms with Gasteiger partial charge in [0.25, 0.3) is 11.5 Å². The van der Waals surface area contributed by atoms with Crippen LogP contribution >= 0.6 is 11.3 Å². The van der Waals surface area contributed by atoms with E-state index in [4.69, 9.17) is 0 Å². The normalized spacial score (nSPS) is 22.6. The summed E-state index contributed by atoms with van der Waals surface area (Å²) in [4.78, 5) is 33.0. The summed E-state index contributed by atoms with van der Waals surface area (Å²) >= 11 is 1.15. The fourth-order valence-electron chi connectivity index (χ4n) is 2.36. The zero-order chi connectivity index (χ0) is 14.4. The molecule has 2 unspecified atom stereocenters. The minimum atomic E-state index is -0.921. The number of thiophene rings is 1. The van der Waals surface area contributed by atoms with Gasteiger partial charge in [-0.1, -0.05) is 0 Å². The third kappa shape index (κ3) is 1.92. The Balaban J connectivity index is 2.03. The van der Waals surface area contributed by atoms with Crippen molar-refractivity contribution in [2.75, 3.05) is 13.1 Å². The predicted octanol–water partition coefficient (Wildman–Crippen LogP) is -0.529. The molecule has 0 bridgehead atoms. The number of nitrogens with zero attached hydrogens (tertiary/aromatic N) is 2. The van der Waals surface area contributed by atoms with E-state index < -0.39 is 12.2 Å². The molecule has 20 heavy (non-hydrogen) atoms. The molecule has 0 spiro atoms. The topological polar surface area (TPSA) is 107 Å². The van der Waals surface area contributed by atoms with E-state index in [2.05, 4.69) is 9.97 Å². The Hall–Kier alpha value is -1.77. The second-order valence-corrected chi connectivity index (χ2v) is 5.81. The molecule has 3 heterocycles. The average molecular weight is 295 g/mol. The fourth-order valence-corrected chi connectivity index (χ4v) is 3.48. The number of aromatic amines is 1. The number of β-amino-alcohol motifs (C(OH)–C–C–N with tert-alkyl or cyclic N) is 2. The maximum absolute atomic E-state index is 12.4. The van der Waals surface area contributed by atoms with Gasteiger partial charge in [0.2, 0.25) is 0 Å². The Morgan fingerprint density at radius 1 is 1.45 bits per heavy atom. The van der Waals surface area contributed by atoms with Gasteiger partial charge in [0.1, 0.15) is 4.83 Å². The molecule has 1 aliphatic rings. The van der Waals surface area contributed by atoms with Gasteiger partial charge in [0.15, 0.2) is 0 Å². The summed E-state index contributed by atoms with van der Waals surface area (Å²) in [6.07, 6.45) is -0.538. The zero-order valence-corrected chi connectivity index (χ0v) is 11.5. The number of carbonyl (C=O) groups is 1. The molecule has 8 heteroatoms. The van der Waals surface area contributed by atoms with Gasteiger partial charge in [0, 0.05) is 13.1 Å². The van der Waals surface area contributed by atoms with Crippen molar-refractivity contribution in [1.29, 1.82) is 0 Å². The summed E-state index contributed by atoms with van der Waals surface area (Å²) in [5, 5.41) is 19.4. The smallest absolute Gasteiger partial charge is 0.264 e. The molecular formula is C12H13N3O4S. The van der Waals surface area contributed by atoms with Crippen LogP contribution < -0.4 is 5.56 Å². The van der Waals surface area contributed by atoms with Crippen LogP contribution in [0.15, 0.2) is 11.1 Å². The Morgan fingerprint density at radius 3 is 2.70 bits per heavy atom. The molecule has 2 atom stereocenters. The number of aromatic nitrogens is 2. The van der Waals surface area contributed by atoms with Crippen LogP contribution in [0.1, 0.15) is 15.2 Å². The summed E-state index contributed by atoms with van der Waals surface area (Å²) in [7, 11) is 0. The third-order valence-electron chi connectivity index (χ3n) is 3.47. The largest absolute Gasteiger partial charge is 0.388 e. The lowest BCUT2D eigenvalue weighted by Crippen LogP contribution is -2.29. The van der Waals surface area contributed by atoms with Crippen molar-refractivity contribution in [2.45, 2.75) is 19.1 Å². The van der Waals surface area contributed by atoms with Crippen LogP contribution in [0.2, 0.25) is 0 Å². The highest BCUT2D eigenvalue weighted by Crippen LogP contribution is 2.28. The summed E-state index contributed by atoms with van der Waals surface area (Å²) in [5.41, 5.74) is 0.310. The molecular weight excluding hydrogens is 282 g/mol. The summed E-state index contributed by atoms with van der Waals surface area (Å²) in [5.74, 6) is -0.291. The van der Waals surface area contributed by atoms with Gasteiger partial charge in [-0.2, -0.15) is 0 Å². The maximum Gasteiger partial charge on any atom is 0.264 e. The first-order valence-corrected chi connectivity index (χ1v) is 6.93. The number of fused-ring (bicyclic) bond motifs is 1. The molecule has 0 saturated carbocycles. The van der Waals surface area contributed by atoms with E-state index in [0.717, 1.165) is 11.3 Å². The zero-order valence-electron chi connectivity index (χ0n) is 10.7. The van der Waals surface area contributed by atoms with Crippen LogP contribution in [0, 0.1) is 6.92 Å². The highest BCUT2D eigenvalue weighted by molar-refractivity contribution is 7.20. The lowest BCUT2D eigenvalue weighted by Gasteiger charge is -2.14. The van der Waals surface area contributed by atoms with E-state index in [1.165, 1.54) is 11.2 Å². The van der Waals surface area contributed by atoms with Gasteiger partial charge in [0.05, 0.1) is 28.8 Å². The standard InChI is InChI=1S/C12H13N3O4S/c1-5-8-10(18)13-4-14-11(8)20-9(5)12(19)15-2-6(16)7(17)3-15/h4,6-7,16-17H,2-3H2,1H3,(H,13,14,18). The van der Waals surface area contributed by atoms with E-state index in [1.54, 1.807) is 6.92 Å². The number of rotatable bonds is 1. The SMILES string of the molecule is Cc1c(C(=O)N2CC(O)C(O)C2)sc2nc[nH]c(=O)c12. The molecule has 1 amide bonds. The Labute approximate surface area is 117 Å². The van der Waals surface area contributed by atoms with Crippen LogP contribution in [0.25, 0.3) is 10.2 Å². The molecule has 7 nitrogen and oxygen atoms in total. The summed E-state index contributed by atoms with van der Waals surface area (Å²) in [6, 6.07) is 0. The number of amides is 1. The van der Waals surface area contributed by atoms with Crippen molar-refractivity contribution in [3.8, 4) is 0 Å². The van der Waals surface area contributed by atoms with Gasteiger partial charge in [-0.15, -0.1) is 11.3 Å². The Morgan fingerprint density at radius 2 is 2.10 bits per heavy atom. The molecule has 1 aliphatic heterocycles. The van der Waals surface area contributed by atoms with Crippen LogP contribution in [-0.2, 0) is 0 Å². The number of hydrogen-bond donors (Lipinski definition) is 3. The van der Waals surface area contributed by atoms with Crippen molar-refractivity contribution in [1.82, 2.24) is 14.9 Å². The van der Waals surface area contributed by atoms with Crippen molar-refractivity contribution >= 4 is 27.5 Å². The van der Waals surface area contributed by atoms with Crippen LogP contribution in [0.4, 0.5) is 0 Å². The van der Waals surface area contributed by atoms with E-state index in [-0.39, 0.29) is 24.6 Å². The Bertz CT molecular complexity index is 728. The van der Waals surface area contributed by atoms with Crippen LogP contribution in [0.3, 0.4) is 0 Å². The van der Waals surface area contributed by atoms with Crippen molar-refractivity contribution in [3.05, 3.63) is 27.1 Å². The van der Waals surface area contributed by atoms with E-state index in [0.29, 0.717) is 20.7 Å². The minimum absolute atomic E-state index is 0.0947. The van der Waals surface area contributed by atoms with E-state index in [9.17, 15) is 19.8 Å². The molecule has 3 N–H and O–H groups in total. The van der Waals surface area contributed by atoms with Gasteiger partial charge < -0.3 is 20.1 Å². The second kappa shape index (κ2) is 4.65. The molecule has 2 aromatic heterocycles. The average Bonchev–Trinajstić information content (AvgIpc) is 2.91. The van der Waals surface area contributed by atoms with Gasteiger partial charge in [-0.25, -0.2) is 4.98 Å². The lowest BCUT2D eigenvalue weighted by molar-refractivity contribution is 0.0572. The molecule has 1 saturated heterocycles. The maximum atomic E-state index is 12.4. The molecule has 2 aromatic rings. The van der Waals surface area contributed by atoms with Gasteiger partial charge in [-0.3, -0.25) is 9.59 Å². The molecule has 1 fully saturated rings. The number of aryl methyl sites for hydroxylation is 1.